The molecule has 0 nitrogen and oxygen atoms in total. The molecule has 3 aromatic carbocycles. The fourth-order valence-corrected chi connectivity index (χ4v) is 8.39. The van der Waals surface area contributed by atoms with Gasteiger partial charge in [-0.05, 0) is 131 Å². The van der Waals surface area contributed by atoms with Gasteiger partial charge in [0.15, 0.2) is 0 Å². The molecule has 0 unspecified atom stereocenters. The van der Waals surface area contributed by atoms with E-state index < -0.39 is 0 Å². The second kappa shape index (κ2) is 9.70. The largest absolute Gasteiger partial charge is 0.0932 e. The van der Waals surface area contributed by atoms with Gasteiger partial charge in [0, 0.05) is 0 Å². The van der Waals surface area contributed by atoms with E-state index in [-0.39, 0.29) is 7.92 Å². The Morgan fingerprint density at radius 3 is 0.774 bits per heavy atom. The fourth-order valence-electron chi connectivity index (χ4n) is 5.22. The van der Waals surface area contributed by atoms with Crippen molar-refractivity contribution in [2.45, 2.75) is 80.8 Å². The van der Waals surface area contributed by atoms with Crippen LogP contribution in [0.15, 0.2) is 36.4 Å². The smallest absolute Gasteiger partial charge is 0.00619 e. The summed E-state index contributed by atoms with van der Waals surface area (Å²) in [7, 11) is -0.216. The molecule has 0 aromatic heterocycles. The van der Waals surface area contributed by atoms with Crippen molar-refractivity contribution in [3.63, 3.8) is 0 Å². The van der Waals surface area contributed by atoms with E-state index in [2.05, 4.69) is 98.7 Å². The van der Waals surface area contributed by atoms with Crippen LogP contribution < -0.4 is 0 Å². The highest BCUT2D eigenvalue weighted by atomic mass is 31.1. The summed E-state index contributed by atoms with van der Waals surface area (Å²) in [6.45, 7) is 20.4. The summed E-state index contributed by atoms with van der Waals surface area (Å²) in [5.41, 5.74) is 17.6. The maximum absolute atomic E-state index is 2.36. The van der Waals surface area contributed by atoms with Crippen LogP contribution in [-0.4, -0.2) is 0 Å². The molecule has 31 heavy (non-hydrogen) atoms. The molecule has 3 aromatic rings. The Hall–Kier alpha value is -1.91. The van der Waals surface area contributed by atoms with Crippen LogP contribution in [0.2, 0.25) is 0 Å². The van der Waals surface area contributed by atoms with E-state index in [1.165, 1.54) is 68.6 Å². The molecule has 0 fully saturated rings. The molecule has 0 aliphatic carbocycles. The van der Waals surface area contributed by atoms with Crippen molar-refractivity contribution in [3.05, 3.63) is 103 Å². The third-order valence-corrected chi connectivity index (χ3v) is 8.96. The minimum absolute atomic E-state index is 0.216. The van der Waals surface area contributed by atoms with E-state index in [0.717, 1.165) is 0 Å². The summed E-state index contributed by atoms with van der Waals surface area (Å²) in [6, 6.07) is 14.2. The Balaban J connectivity index is 2.02. The Labute approximate surface area is 191 Å². The summed E-state index contributed by atoms with van der Waals surface area (Å²) in [6.07, 6.45) is 3.60. The number of benzene rings is 3. The lowest BCUT2D eigenvalue weighted by atomic mass is 10.0. The lowest BCUT2D eigenvalue weighted by Gasteiger charge is -2.25. The van der Waals surface area contributed by atoms with Crippen molar-refractivity contribution in [1.29, 1.82) is 0 Å². The Morgan fingerprint density at radius 1 is 0.387 bits per heavy atom. The molecular weight excluding hydrogens is 391 g/mol. The van der Waals surface area contributed by atoms with Crippen LogP contribution in [-0.2, 0) is 18.5 Å². The van der Waals surface area contributed by atoms with Gasteiger partial charge in [0.25, 0.3) is 0 Å². The quantitative estimate of drug-likeness (QED) is 0.343. The molecule has 0 N–H and O–H groups in total. The predicted octanol–water partition coefficient (Wildman–Crippen LogP) is 8.84. The molecule has 0 saturated heterocycles. The van der Waals surface area contributed by atoms with Crippen molar-refractivity contribution in [2.75, 3.05) is 0 Å². The molecule has 3 rings (SSSR count). The van der Waals surface area contributed by atoms with Gasteiger partial charge in [0.1, 0.15) is 0 Å². The molecule has 0 aliphatic rings. The topological polar surface area (TPSA) is 0 Å². The second-order valence-electron chi connectivity index (χ2n) is 9.78. The highest BCUT2D eigenvalue weighted by Gasteiger charge is 2.18. The van der Waals surface area contributed by atoms with Crippen molar-refractivity contribution in [3.8, 4) is 0 Å². The zero-order valence-electron chi connectivity index (χ0n) is 21.0. The van der Waals surface area contributed by atoms with Gasteiger partial charge in [-0.2, -0.15) is 0 Å². The normalized spacial score (nSPS) is 11.4. The molecule has 1 heteroatoms. The lowest BCUT2D eigenvalue weighted by molar-refractivity contribution is 1.14. The van der Waals surface area contributed by atoms with E-state index in [1.807, 2.05) is 0 Å². The fraction of sp³-hybridized carbons (Fsp3) is 0.400. The zero-order valence-corrected chi connectivity index (χ0v) is 21.9. The van der Waals surface area contributed by atoms with Gasteiger partial charge in [-0.25, -0.2) is 0 Å². The molecule has 0 aliphatic heterocycles. The van der Waals surface area contributed by atoms with Crippen LogP contribution in [0.4, 0.5) is 0 Å². The van der Waals surface area contributed by atoms with Gasteiger partial charge in [-0.15, -0.1) is 0 Å². The van der Waals surface area contributed by atoms with Gasteiger partial charge in [0.05, 0.1) is 0 Å². The summed E-state index contributed by atoms with van der Waals surface area (Å²) in [4.78, 5) is 0. The van der Waals surface area contributed by atoms with Crippen molar-refractivity contribution >= 4 is 7.92 Å². The van der Waals surface area contributed by atoms with Gasteiger partial charge in [-0.3, -0.25) is 0 Å². The summed E-state index contributed by atoms with van der Waals surface area (Å²) in [5.74, 6) is 0. The highest BCUT2D eigenvalue weighted by Crippen LogP contribution is 2.49. The SMILES string of the molecule is Cc1cc(C)c(CP(Cc2c(C)cc(C)cc2C)Cc2c(C)cc(C)cc2C)c(C)c1. The zero-order chi connectivity index (χ0) is 22.9. The third-order valence-electron chi connectivity index (χ3n) is 6.67. The van der Waals surface area contributed by atoms with Crippen molar-refractivity contribution in [2.24, 2.45) is 0 Å². The van der Waals surface area contributed by atoms with Crippen molar-refractivity contribution in [1.82, 2.24) is 0 Å². The molecule has 0 heterocycles. The van der Waals surface area contributed by atoms with E-state index in [0.29, 0.717) is 0 Å². The molecule has 0 bridgehead atoms. The molecule has 0 atom stereocenters. The Kier molecular flexibility index (Phi) is 7.43. The average molecular weight is 431 g/mol. The maximum atomic E-state index is 2.36. The first-order chi connectivity index (χ1) is 14.5. The minimum Gasteiger partial charge on any atom is -0.0932 e. The van der Waals surface area contributed by atoms with Crippen LogP contribution >= 0.6 is 7.92 Å². The first kappa shape index (κ1) is 23.7. The predicted molar refractivity (Wildman–Crippen MR) is 140 cm³/mol. The molecule has 164 valence electrons. The van der Waals surface area contributed by atoms with Crippen LogP contribution in [0.25, 0.3) is 0 Å². The number of hydrogen-bond donors (Lipinski definition) is 0. The van der Waals surface area contributed by atoms with E-state index in [1.54, 1.807) is 16.7 Å². The third kappa shape index (κ3) is 5.67. The number of hydrogen-bond acceptors (Lipinski definition) is 0. The average Bonchev–Trinajstić information content (AvgIpc) is 2.63. The van der Waals surface area contributed by atoms with Gasteiger partial charge in [-0.1, -0.05) is 61.0 Å². The van der Waals surface area contributed by atoms with Gasteiger partial charge < -0.3 is 0 Å². The van der Waals surface area contributed by atoms with E-state index >= 15 is 0 Å². The molecule has 0 amide bonds. The first-order valence-electron chi connectivity index (χ1n) is 11.5. The van der Waals surface area contributed by atoms with E-state index in [4.69, 9.17) is 0 Å². The van der Waals surface area contributed by atoms with Crippen LogP contribution in [0.3, 0.4) is 0 Å². The molecule has 0 spiro atoms. The van der Waals surface area contributed by atoms with Crippen LogP contribution in [0.1, 0.15) is 66.8 Å². The summed E-state index contributed by atoms with van der Waals surface area (Å²) in [5, 5.41) is 0. The van der Waals surface area contributed by atoms with Crippen molar-refractivity contribution < 1.29 is 0 Å². The summed E-state index contributed by atoms with van der Waals surface area (Å²) < 4.78 is 0. The highest BCUT2D eigenvalue weighted by molar-refractivity contribution is 7.55. The first-order valence-corrected chi connectivity index (χ1v) is 13.4. The monoisotopic (exact) mass is 430 g/mol. The Morgan fingerprint density at radius 2 is 0.581 bits per heavy atom. The standard InChI is InChI=1S/C30H39P/c1-19-10-22(4)28(23(5)11-19)16-31(17-29-24(6)12-20(2)13-25(29)7)18-30-26(8)14-21(3)15-27(30)9/h10-15H,16-18H2,1-9H3. The second-order valence-corrected chi connectivity index (χ2v) is 12.1. The number of rotatable bonds is 6. The van der Waals surface area contributed by atoms with Gasteiger partial charge in [0.2, 0.25) is 0 Å². The molecular formula is C30H39P. The molecule has 0 radical (unpaired) electrons. The van der Waals surface area contributed by atoms with Crippen LogP contribution in [0, 0.1) is 62.3 Å². The summed E-state index contributed by atoms with van der Waals surface area (Å²) >= 11 is 0. The maximum Gasteiger partial charge on any atom is -0.00619 e. The molecule has 0 saturated carbocycles. The minimum atomic E-state index is -0.216. The van der Waals surface area contributed by atoms with E-state index in [9.17, 15) is 0 Å². The number of aryl methyl sites for hydroxylation is 9. The van der Waals surface area contributed by atoms with Crippen LogP contribution in [0.5, 0.6) is 0 Å². The van der Waals surface area contributed by atoms with Gasteiger partial charge >= 0.3 is 0 Å². The Bertz CT molecular complexity index is 893. The lowest BCUT2D eigenvalue weighted by Crippen LogP contribution is -2.03.